The van der Waals surface area contributed by atoms with Gasteiger partial charge < -0.3 is 14.6 Å². The molecule has 0 radical (unpaired) electrons. The summed E-state index contributed by atoms with van der Waals surface area (Å²) in [5.74, 6) is 0.958. The Balaban J connectivity index is 1.48. The second-order valence-electron chi connectivity index (χ2n) is 7.29. The Bertz CT molecular complexity index is 1300. The van der Waals surface area contributed by atoms with Crippen LogP contribution in [0.1, 0.15) is 33.1 Å². The van der Waals surface area contributed by atoms with E-state index in [0.717, 1.165) is 11.3 Å². The molecule has 33 heavy (non-hydrogen) atoms. The molecule has 0 unspecified atom stereocenters. The van der Waals surface area contributed by atoms with Crippen molar-refractivity contribution in [1.82, 2.24) is 14.9 Å². The van der Waals surface area contributed by atoms with E-state index in [1.807, 2.05) is 6.92 Å². The summed E-state index contributed by atoms with van der Waals surface area (Å²) >= 11 is 18.5. The van der Waals surface area contributed by atoms with Gasteiger partial charge in [-0.05, 0) is 44.2 Å². The molecule has 170 valence electrons. The number of nitrogens with zero attached hydrogens (tertiary/aromatic N) is 3. The molecule has 7 nitrogen and oxygen atoms in total. The van der Waals surface area contributed by atoms with Gasteiger partial charge in [-0.25, -0.2) is 0 Å². The van der Waals surface area contributed by atoms with Crippen molar-refractivity contribution in [2.45, 2.75) is 27.0 Å². The molecule has 0 fully saturated rings. The summed E-state index contributed by atoms with van der Waals surface area (Å²) in [6.07, 6.45) is 0. The maximum absolute atomic E-state index is 12.9. The number of halogens is 3. The number of aromatic nitrogens is 3. The number of nitrogens with one attached hydrogen (secondary N) is 1. The summed E-state index contributed by atoms with van der Waals surface area (Å²) < 4.78 is 12.7. The van der Waals surface area contributed by atoms with E-state index in [1.54, 1.807) is 60.1 Å². The summed E-state index contributed by atoms with van der Waals surface area (Å²) in [5.41, 5.74) is 2.22. The Kier molecular flexibility index (Phi) is 6.93. The Morgan fingerprint density at radius 3 is 2.52 bits per heavy atom. The highest BCUT2D eigenvalue weighted by molar-refractivity contribution is 6.36. The van der Waals surface area contributed by atoms with E-state index in [4.69, 9.17) is 44.1 Å². The van der Waals surface area contributed by atoms with Gasteiger partial charge in [0.05, 0.1) is 12.1 Å². The Labute approximate surface area is 205 Å². The van der Waals surface area contributed by atoms with Crippen LogP contribution >= 0.6 is 34.8 Å². The van der Waals surface area contributed by atoms with E-state index >= 15 is 0 Å². The van der Waals surface area contributed by atoms with Gasteiger partial charge in [0.15, 0.2) is 11.5 Å². The maximum atomic E-state index is 12.9. The van der Waals surface area contributed by atoms with Crippen molar-refractivity contribution in [2.75, 3.05) is 5.32 Å². The molecule has 0 aliphatic rings. The second kappa shape index (κ2) is 9.87. The summed E-state index contributed by atoms with van der Waals surface area (Å²) in [7, 11) is 0. The van der Waals surface area contributed by atoms with E-state index in [-0.39, 0.29) is 12.3 Å². The van der Waals surface area contributed by atoms with Crippen LogP contribution in [-0.2, 0) is 13.2 Å². The highest BCUT2D eigenvalue weighted by Crippen LogP contribution is 2.26. The molecule has 4 aromatic rings. The summed E-state index contributed by atoms with van der Waals surface area (Å²) in [6.45, 7) is 4.05. The van der Waals surface area contributed by atoms with Crippen molar-refractivity contribution in [2.24, 2.45) is 0 Å². The average molecular weight is 506 g/mol. The van der Waals surface area contributed by atoms with Gasteiger partial charge in [-0.1, -0.05) is 52.1 Å². The zero-order chi connectivity index (χ0) is 23.5. The van der Waals surface area contributed by atoms with Crippen LogP contribution in [0, 0.1) is 13.8 Å². The molecule has 4 rings (SSSR count). The zero-order valence-electron chi connectivity index (χ0n) is 17.7. The van der Waals surface area contributed by atoms with Crippen molar-refractivity contribution in [1.29, 1.82) is 0 Å². The van der Waals surface area contributed by atoms with Crippen LogP contribution < -0.4 is 10.1 Å². The third-order valence-corrected chi connectivity index (χ3v) is 5.91. The van der Waals surface area contributed by atoms with Crippen molar-refractivity contribution >= 4 is 46.5 Å². The molecule has 0 saturated carbocycles. The van der Waals surface area contributed by atoms with Crippen LogP contribution in [0.2, 0.25) is 15.1 Å². The van der Waals surface area contributed by atoms with Gasteiger partial charge in [0.2, 0.25) is 0 Å². The zero-order valence-corrected chi connectivity index (χ0v) is 20.0. The predicted molar refractivity (Wildman–Crippen MR) is 128 cm³/mol. The first-order valence-electron chi connectivity index (χ1n) is 9.94. The molecule has 2 aromatic carbocycles. The number of amides is 1. The second-order valence-corrected chi connectivity index (χ2v) is 8.55. The fraction of sp³-hybridized carbons (Fsp3) is 0.174. The molecule has 1 N–H and O–H groups in total. The van der Waals surface area contributed by atoms with Gasteiger partial charge in [0.1, 0.15) is 18.1 Å². The minimum Gasteiger partial charge on any atom is -0.489 e. The first-order valence-corrected chi connectivity index (χ1v) is 11.1. The molecule has 1 amide bonds. The molecule has 0 aliphatic carbocycles. The van der Waals surface area contributed by atoms with E-state index in [1.165, 1.54) is 0 Å². The Morgan fingerprint density at radius 1 is 1.06 bits per heavy atom. The lowest BCUT2D eigenvalue weighted by Gasteiger charge is -2.08. The van der Waals surface area contributed by atoms with Crippen molar-refractivity contribution in [3.05, 3.63) is 91.9 Å². The van der Waals surface area contributed by atoms with Gasteiger partial charge in [0, 0.05) is 32.4 Å². The van der Waals surface area contributed by atoms with Gasteiger partial charge in [-0.15, -0.1) is 0 Å². The molecule has 2 heterocycles. The molecule has 0 bridgehead atoms. The Morgan fingerprint density at radius 2 is 1.79 bits per heavy atom. The highest BCUT2D eigenvalue weighted by Gasteiger charge is 2.22. The summed E-state index contributed by atoms with van der Waals surface area (Å²) in [5, 5.41) is 12.8. The Hall–Kier alpha value is -3.00. The molecular formula is C23H19Cl3N4O3. The van der Waals surface area contributed by atoms with Gasteiger partial charge in [-0.2, -0.15) is 5.10 Å². The largest absolute Gasteiger partial charge is 0.489 e. The lowest BCUT2D eigenvalue weighted by Crippen LogP contribution is -2.16. The number of ether oxygens (including phenoxy) is 1. The van der Waals surface area contributed by atoms with Crippen LogP contribution in [0.4, 0.5) is 5.82 Å². The number of benzene rings is 2. The predicted octanol–water partition coefficient (Wildman–Crippen LogP) is 6.33. The van der Waals surface area contributed by atoms with E-state index in [0.29, 0.717) is 44.5 Å². The van der Waals surface area contributed by atoms with E-state index in [9.17, 15) is 4.79 Å². The van der Waals surface area contributed by atoms with Gasteiger partial charge in [-0.3, -0.25) is 9.48 Å². The highest BCUT2D eigenvalue weighted by atomic mass is 35.5. The van der Waals surface area contributed by atoms with Crippen LogP contribution in [0.25, 0.3) is 0 Å². The van der Waals surface area contributed by atoms with Gasteiger partial charge in [0.25, 0.3) is 5.91 Å². The van der Waals surface area contributed by atoms with Crippen LogP contribution in [0.5, 0.6) is 5.75 Å². The molecule has 0 atom stereocenters. The number of carbonyl (C=O) groups is 1. The number of hydrogen-bond donors (Lipinski definition) is 1. The number of carbonyl (C=O) groups excluding carboxylic acids is 1. The standard InChI is InChI=1S/C23H19Cl3N4O3/c1-13-9-21(28-30(13)11-17-19(25)7-4-8-20(17)26)27-23(31)22-18(14(2)33-29-22)12-32-16-6-3-5-15(24)10-16/h3-10H,11-12H2,1-2H3,(H,27,28,31). The topological polar surface area (TPSA) is 82.2 Å². The normalized spacial score (nSPS) is 10.9. The lowest BCUT2D eigenvalue weighted by molar-refractivity contribution is 0.101. The number of hydrogen-bond acceptors (Lipinski definition) is 5. The molecular weight excluding hydrogens is 487 g/mol. The number of anilines is 1. The molecule has 0 saturated heterocycles. The van der Waals surface area contributed by atoms with E-state index in [2.05, 4.69) is 15.6 Å². The SMILES string of the molecule is Cc1onc(C(=O)Nc2cc(C)n(Cc3c(Cl)cccc3Cl)n2)c1COc1cccc(Cl)c1. The minimum atomic E-state index is -0.461. The quantitative estimate of drug-likeness (QED) is 0.317. The molecule has 2 aromatic heterocycles. The van der Waals surface area contributed by atoms with Crippen molar-refractivity contribution in [3.8, 4) is 5.75 Å². The van der Waals surface area contributed by atoms with Crippen LogP contribution in [0.15, 0.2) is 53.1 Å². The molecule has 10 heteroatoms. The van der Waals surface area contributed by atoms with Crippen molar-refractivity contribution < 1.29 is 14.1 Å². The van der Waals surface area contributed by atoms with Crippen LogP contribution in [0.3, 0.4) is 0 Å². The first kappa shape index (κ1) is 23.2. The lowest BCUT2D eigenvalue weighted by atomic mass is 10.2. The fourth-order valence-corrected chi connectivity index (χ4v) is 3.89. The first-order chi connectivity index (χ1) is 15.8. The number of rotatable bonds is 7. The van der Waals surface area contributed by atoms with Crippen LogP contribution in [-0.4, -0.2) is 20.8 Å². The monoisotopic (exact) mass is 504 g/mol. The maximum Gasteiger partial charge on any atom is 0.279 e. The minimum absolute atomic E-state index is 0.0941. The molecule has 0 aliphatic heterocycles. The average Bonchev–Trinajstić information content (AvgIpc) is 3.31. The van der Waals surface area contributed by atoms with Crippen molar-refractivity contribution in [3.63, 3.8) is 0 Å². The summed E-state index contributed by atoms with van der Waals surface area (Å²) in [4.78, 5) is 12.9. The third kappa shape index (κ3) is 5.33. The van der Waals surface area contributed by atoms with E-state index < -0.39 is 5.91 Å². The summed E-state index contributed by atoms with van der Waals surface area (Å²) in [6, 6.07) is 14.0. The molecule has 0 spiro atoms. The smallest absolute Gasteiger partial charge is 0.279 e. The van der Waals surface area contributed by atoms with Gasteiger partial charge >= 0.3 is 0 Å². The third-order valence-electron chi connectivity index (χ3n) is 4.97. The number of aryl methyl sites for hydroxylation is 2. The fourth-order valence-electron chi connectivity index (χ4n) is 3.19.